The van der Waals surface area contributed by atoms with Gasteiger partial charge in [-0.2, -0.15) is 0 Å². The highest BCUT2D eigenvalue weighted by Crippen LogP contribution is 2.45. The van der Waals surface area contributed by atoms with Crippen molar-refractivity contribution < 1.29 is 14.2 Å². The van der Waals surface area contributed by atoms with Crippen LogP contribution in [0.1, 0.15) is 5.56 Å². The number of nitrogens with two attached hydrogens (primary N) is 1. The Bertz CT molecular complexity index is 874. The van der Waals surface area contributed by atoms with Crippen LogP contribution in [0, 0.1) is 0 Å². The summed E-state index contributed by atoms with van der Waals surface area (Å²) in [7, 11) is 4.99. The standard InChI is InChI=1S/C20H21NO3/c1-22-17-10-6-9-15-19(17)18(23-2)11-16(20(15)24-3)14-8-5-4-7-13(14)12-21/h4-11H,12,21H2,1-3H3. The Hall–Kier alpha value is -2.72. The summed E-state index contributed by atoms with van der Waals surface area (Å²) in [6.07, 6.45) is 0. The molecule has 0 saturated heterocycles. The van der Waals surface area contributed by atoms with Crippen LogP contribution in [0.15, 0.2) is 48.5 Å². The maximum absolute atomic E-state index is 5.92. The van der Waals surface area contributed by atoms with E-state index in [0.29, 0.717) is 6.54 Å². The van der Waals surface area contributed by atoms with Gasteiger partial charge in [0.05, 0.1) is 26.7 Å². The van der Waals surface area contributed by atoms with E-state index in [0.717, 1.165) is 44.7 Å². The average molecular weight is 323 g/mol. The number of hydrogen-bond donors (Lipinski definition) is 1. The van der Waals surface area contributed by atoms with Gasteiger partial charge in [-0.25, -0.2) is 0 Å². The second-order valence-electron chi connectivity index (χ2n) is 5.40. The van der Waals surface area contributed by atoms with Gasteiger partial charge in [0.25, 0.3) is 0 Å². The zero-order valence-corrected chi connectivity index (χ0v) is 14.1. The Labute approximate surface area is 141 Å². The lowest BCUT2D eigenvalue weighted by Gasteiger charge is -2.18. The smallest absolute Gasteiger partial charge is 0.134 e. The third kappa shape index (κ3) is 2.55. The lowest BCUT2D eigenvalue weighted by Crippen LogP contribution is -2.01. The lowest BCUT2D eigenvalue weighted by molar-refractivity contribution is 0.401. The number of benzene rings is 3. The topological polar surface area (TPSA) is 53.7 Å². The summed E-state index contributed by atoms with van der Waals surface area (Å²) < 4.78 is 16.9. The highest BCUT2D eigenvalue weighted by molar-refractivity contribution is 6.03. The molecule has 0 aliphatic carbocycles. The second kappa shape index (κ2) is 6.81. The average Bonchev–Trinajstić information content (AvgIpc) is 2.65. The summed E-state index contributed by atoms with van der Waals surface area (Å²) in [5.41, 5.74) is 8.97. The van der Waals surface area contributed by atoms with Crippen molar-refractivity contribution >= 4 is 10.8 Å². The molecule has 0 unspecified atom stereocenters. The molecule has 24 heavy (non-hydrogen) atoms. The molecule has 3 aromatic carbocycles. The first kappa shape index (κ1) is 16.1. The minimum absolute atomic E-state index is 0.456. The van der Waals surface area contributed by atoms with Crippen molar-refractivity contribution in [3.8, 4) is 28.4 Å². The Morgan fingerprint density at radius 2 is 1.54 bits per heavy atom. The summed E-state index contributed by atoms with van der Waals surface area (Å²) >= 11 is 0. The van der Waals surface area contributed by atoms with Gasteiger partial charge in [0, 0.05) is 17.5 Å². The van der Waals surface area contributed by atoms with Gasteiger partial charge in [0.1, 0.15) is 17.2 Å². The molecule has 0 atom stereocenters. The summed E-state index contributed by atoms with van der Waals surface area (Å²) in [6, 6.07) is 15.9. The Kier molecular flexibility index (Phi) is 4.58. The maximum atomic E-state index is 5.92. The van der Waals surface area contributed by atoms with Gasteiger partial charge in [0.15, 0.2) is 0 Å². The molecule has 0 fully saturated rings. The fourth-order valence-corrected chi connectivity index (χ4v) is 3.10. The molecule has 0 radical (unpaired) electrons. The highest BCUT2D eigenvalue weighted by Gasteiger charge is 2.19. The SMILES string of the molecule is COc1c(-c2ccccc2CN)cc(OC)c2c(OC)cccc12. The molecule has 2 N–H and O–H groups in total. The molecule has 0 aromatic heterocycles. The number of ether oxygens (including phenoxy) is 3. The van der Waals surface area contributed by atoms with Gasteiger partial charge in [-0.05, 0) is 23.3 Å². The number of fused-ring (bicyclic) bond motifs is 1. The first-order valence-corrected chi connectivity index (χ1v) is 7.75. The number of hydrogen-bond acceptors (Lipinski definition) is 4. The molecule has 0 bridgehead atoms. The van der Waals surface area contributed by atoms with Crippen LogP contribution in [0.5, 0.6) is 17.2 Å². The van der Waals surface area contributed by atoms with E-state index in [9.17, 15) is 0 Å². The second-order valence-corrected chi connectivity index (χ2v) is 5.40. The van der Waals surface area contributed by atoms with E-state index < -0.39 is 0 Å². The van der Waals surface area contributed by atoms with Gasteiger partial charge in [-0.15, -0.1) is 0 Å². The maximum Gasteiger partial charge on any atom is 0.134 e. The number of methoxy groups -OCH3 is 3. The fourth-order valence-electron chi connectivity index (χ4n) is 3.10. The number of rotatable bonds is 5. The van der Waals surface area contributed by atoms with Gasteiger partial charge < -0.3 is 19.9 Å². The van der Waals surface area contributed by atoms with Crippen molar-refractivity contribution in [3.05, 3.63) is 54.1 Å². The van der Waals surface area contributed by atoms with Crippen LogP contribution >= 0.6 is 0 Å². The Morgan fingerprint density at radius 1 is 0.792 bits per heavy atom. The molecular weight excluding hydrogens is 302 g/mol. The van der Waals surface area contributed by atoms with E-state index >= 15 is 0 Å². The third-order valence-electron chi connectivity index (χ3n) is 4.21. The van der Waals surface area contributed by atoms with Gasteiger partial charge in [-0.3, -0.25) is 0 Å². The van der Waals surface area contributed by atoms with Crippen LogP contribution in [-0.2, 0) is 6.54 Å². The van der Waals surface area contributed by atoms with Crippen LogP contribution in [0.4, 0.5) is 0 Å². The highest BCUT2D eigenvalue weighted by atomic mass is 16.5. The molecule has 0 saturated carbocycles. The first-order valence-electron chi connectivity index (χ1n) is 7.75. The van der Waals surface area contributed by atoms with Crippen molar-refractivity contribution in [2.75, 3.05) is 21.3 Å². The van der Waals surface area contributed by atoms with E-state index in [1.807, 2.05) is 48.5 Å². The van der Waals surface area contributed by atoms with E-state index in [-0.39, 0.29) is 0 Å². The van der Waals surface area contributed by atoms with Crippen molar-refractivity contribution in [1.29, 1.82) is 0 Å². The van der Waals surface area contributed by atoms with Gasteiger partial charge >= 0.3 is 0 Å². The van der Waals surface area contributed by atoms with Crippen molar-refractivity contribution in [3.63, 3.8) is 0 Å². The van der Waals surface area contributed by atoms with Crippen LogP contribution in [0.3, 0.4) is 0 Å². The van der Waals surface area contributed by atoms with E-state index in [1.54, 1.807) is 21.3 Å². The molecule has 3 rings (SSSR count). The predicted octanol–water partition coefficient (Wildman–Crippen LogP) is 3.99. The molecule has 124 valence electrons. The summed E-state index contributed by atoms with van der Waals surface area (Å²) in [5, 5.41) is 1.84. The van der Waals surface area contributed by atoms with Crippen LogP contribution in [0.2, 0.25) is 0 Å². The summed E-state index contributed by atoms with van der Waals surface area (Å²) in [5.74, 6) is 2.27. The normalized spacial score (nSPS) is 10.7. The van der Waals surface area contributed by atoms with Crippen LogP contribution in [-0.4, -0.2) is 21.3 Å². The summed E-state index contributed by atoms with van der Waals surface area (Å²) in [6.45, 7) is 0.456. The Morgan fingerprint density at radius 3 is 2.21 bits per heavy atom. The van der Waals surface area contributed by atoms with Crippen molar-refractivity contribution in [2.45, 2.75) is 6.54 Å². The molecule has 0 aliphatic heterocycles. The zero-order chi connectivity index (χ0) is 17.1. The van der Waals surface area contributed by atoms with Gasteiger partial charge in [-0.1, -0.05) is 36.4 Å². The molecule has 0 aliphatic rings. The van der Waals surface area contributed by atoms with E-state index in [2.05, 4.69) is 0 Å². The van der Waals surface area contributed by atoms with Crippen molar-refractivity contribution in [1.82, 2.24) is 0 Å². The predicted molar refractivity (Wildman–Crippen MR) is 96.9 cm³/mol. The largest absolute Gasteiger partial charge is 0.496 e. The third-order valence-corrected chi connectivity index (χ3v) is 4.21. The monoisotopic (exact) mass is 323 g/mol. The van der Waals surface area contributed by atoms with Crippen LogP contribution < -0.4 is 19.9 Å². The lowest BCUT2D eigenvalue weighted by atomic mass is 9.95. The molecule has 0 amide bonds. The van der Waals surface area contributed by atoms with Gasteiger partial charge in [0.2, 0.25) is 0 Å². The minimum Gasteiger partial charge on any atom is -0.496 e. The van der Waals surface area contributed by atoms with E-state index in [4.69, 9.17) is 19.9 Å². The first-order chi connectivity index (χ1) is 11.7. The quantitative estimate of drug-likeness (QED) is 0.771. The molecule has 3 aromatic rings. The molecular formula is C20H21NO3. The minimum atomic E-state index is 0.456. The molecule has 0 spiro atoms. The fraction of sp³-hybridized carbons (Fsp3) is 0.200. The van der Waals surface area contributed by atoms with E-state index in [1.165, 1.54) is 0 Å². The Balaban J connectivity index is 2.42. The molecule has 0 heterocycles. The zero-order valence-electron chi connectivity index (χ0n) is 14.1. The van der Waals surface area contributed by atoms with Crippen molar-refractivity contribution in [2.24, 2.45) is 5.73 Å². The van der Waals surface area contributed by atoms with Crippen LogP contribution in [0.25, 0.3) is 21.9 Å². The molecule has 4 heteroatoms. The summed E-state index contributed by atoms with van der Waals surface area (Å²) in [4.78, 5) is 0. The molecule has 4 nitrogen and oxygen atoms in total.